The molecule has 0 saturated carbocycles. The molecular formula is C25H35N7O4S. The summed E-state index contributed by atoms with van der Waals surface area (Å²) in [5, 5.41) is 15.6. The topological polar surface area (TPSA) is 145 Å². The minimum absolute atomic E-state index is 0.146. The molecule has 0 fully saturated rings. The number of sulfonamides is 1. The van der Waals surface area contributed by atoms with Crippen LogP contribution in [0.4, 0.5) is 5.69 Å². The van der Waals surface area contributed by atoms with Gasteiger partial charge in [0.15, 0.2) is 5.82 Å². The lowest BCUT2D eigenvalue weighted by molar-refractivity contribution is -0.126. The number of hydrogen-bond donors (Lipinski definition) is 2. The van der Waals surface area contributed by atoms with Crippen molar-refractivity contribution >= 4 is 21.6 Å². The number of amides is 1. The van der Waals surface area contributed by atoms with Crippen molar-refractivity contribution in [3.05, 3.63) is 71.5 Å². The Morgan fingerprint density at radius 1 is 1.16 bits per heavy atom. The summed E-state index contributed by atoms with van der Waals surface area (Å²) in [6, 6.07) is 16.4. The molecule has 0 spiro atoms. The SMILES string of the molecule is CN(c1ccccc1CCCn1nnc([C@@H](COCc2ccccc2)NC(=O)C(C)(C)N)n1)S(C)(=O)=O. The van der Waals surface area contributed by atoms with Crippen LogP contribution in [0.15, 0.2) is 54.6 Å². The highest BCUT2D eigenvalue weighted by atomic mass is 32.2. The number of nitrogens with two attached hydrogens (primary N) is 1. The molecule has 3 rings (SSSR count). The van der Waals surface area contributed by atoms with Gasteiger partial charge in [-0.1, -0.05) is 48.5 Å². The number of anilines is 1. The molecule has 0 bridgehead atoms. The summed E-state index contributed by atoms with van der Waals surface area (Å²) in [6.45, 7) is 4.21. The summed E-state index contributed by atoms with van der Waals surface area (Å²) >= 11 is 0. The third-order valence-electron chi connectivity index (χ3n) is 5.70. The van der Waals surface area contributed by atoms with E-state index in [0.29, 0.717) is 37.5 Å². The molecule has 37 heavy (non-hydrogen) atoms. The number of tetrazole rings is 1. The molecule has 200 valence electrons. The predicted octanol–water partition coefficient (Wildman–Crippen LogP) is 1.81. The zero-order valence-electron chi connectivity index (χ0n) is 21.7. The molecule has 1 aromatic heterocycles. The predicted molar refractivity (Wildman–Crippen MR) is 141 cm³/mol. The Kier molecular flexibility index (Phi) is 9.35. The number of para-hydroxylation sites is 1. The van der Waals surface area contributed by atoms with Crippen LogP contribution in [0.5, 0.6) is 0 Å². The third-order valence-corrected chi connectivity index (χ3v) is 6.89. The van der Waals surface area contributed by atoms with Gasteiger partial charge in [0, 0.05) is 7.05 Å². The maximum absolute atomic E-state index is 12.6. The van der Waals surface area contributed by atoms with E-state index in [2.05, 4.69) is 20.7 Å². The van der Waals surface area contributed by atoms with Gasteiger partial charge in [-0.05, 0) is 49.1 Å². The fraction of sp³-hybridized carbons (Fsp3) is 0.440. The Bertz CT molecular complexity index is 1270. The van der Waals surface area contributed by atoms with Gasteiger partial charge in [0.25, 0.3) is 0 Å². The van der Waals surface area contributed by atoms with Crippen LogP contribution in [0, 0.1) is 0 Å². The van der Waals surface area contributed by atoms with E-state index in [9.17, 15) is 13.2 Å². The third kappa shape index (κ3) is 8.34. The molecule has 1 amide bonds. The second-order valence-corrected chi connectivity index (χ2v) is 11.5. The zero-order chi connectivity index (χ0) is 27.1. The van der Waals surface area contributed by atoms with E-state index < -0.39 is 21.6 Å². The lowest BCUT2D eigenvalue weighted by atomic mass is 10.1. The fourth-order valence-corrected chi connectivity index (χ4v) is 4.04. The Morgan fingerprint density at radius 2 is 1.84 bits per heavy atom. The first kappa shape index (κ1) is 28.2. The first-order valence-corrected chi connectivity index (χ1v) is 13.8. The average Bonchev–Trinajstić information content (AvgIpc) is 3.31. The van der Waals surface area contributed by atoms with E-state index in [-0.39, 0.29) is 12.5 Å². The number of ether oxygens (including phenoxy) is 1. The number of aromatic nitrogens is 4. The first-order valence-electron chi connectivity index (χ1n) is 12.0. The van der Waals surface area contributed by atoms with Crippen molar-refractivity contribution in [3.8, 4) is 0 Å². The molecule has 0 saturated heterocycles. The van der Waals surface area contributed by atoms with Crippen LogP contribution < -0.4 is 15.4 Å². The van der Waals surface area contributed by atoms with Crippen LogP contribution in [0.3, 0.4) is 0 Å². The van der Waals surface area contributed by atoms with Crippen molar-refractivity contribution in [2.24, 2.45) is 5.73 Å². The number of nitrogens with zero attached hydrogens (tertiary/aromatic N) is 5. The summed E-state index contributed by atoms with van der Waals surface area (Å²) in [5.41, 5.74) is 7.42. The maximum atomic E-state index is 12.6. The van der Waals surface area contributed by atoms with Crippen molar-refractivity contribution in [1.82, 2.24) is 25.5 Å². The number of nitrogens with one attached hydrogen (secondary N) is 1. The number of carbonyl (C=O) groups is 1. The van der Waals surface area contributed by atoms with Crippen LogP contribution in [-0.4, -0.2) is 60.0 Å². The van der Waals surface area contributed by atoms with Gasteiger partial charge in [0.2, 0.25) is 15.9 Å². The van der Waals surface area contributed by atoms with Gasteiger partial charge in [-0.25, -0.2) is 8.42 Å². The molecule has 0 aliphatic carbocycles. The van der Waals surface area contributed by atoms with E-state index >= 15 is 0 Å². The molecule has 0 radical (unpaired) electrons. The number of hydrogen-bond acceptors (Lipinski definition) is 8. The molecule has 0 aliphatic heterocycles. The fourth-order valence-electron chi connectivity index (χ4n) is 3.50. The molecule has 12 heteroatoms. The van der Waals surface area contributed by atoms with Crippen LogP contribution in [0.1, 0.15) is 43.3 Å². The van der Waals surface area contributed by atoms with Gasteiger partial charge < -0.3 is 15.8 Å². The summed E-state index contributed by atoms with van der Waals surface area (Å²) < 4.78 is 31.1. The highest BCUT2D eigenvalue weighted by molar-refractivity contribution is 7.92. The molecule has 11 nitrogen and oxygen atoms in total. The molecule has 0 unspecified atom stereocenters. The largest absolute Gasteiger partial charge is 0.374 e. The van der Waals surface area contributed by atoms with E-state index in [1.807, 2.05) is 48.5 Å². The number of aryl methyl sites for hydroxylation is 2. The molecular weight excluding hydrogens is 494 g/mol. The van der Waals surface area contributed by atoms with Crippen molar-refractivity contribution < 1.29 is 17.9 Å². The van der Waals surface area contributed by atoms with Gasteiger partial charge in [0.05, 0.1) is 37.2 Å². The van der Waals surface area contributed by atoms with Crippen LogP contribution >= 0.6 is 0 Å². The highest BCUT2D eigenvalue weighted by Crippen LogP contribution is 2.22. The van der Waals surface area contributed by atoms with Crippen LogP contribution in [0.25, 0.3) is 0 Å². The summed E-state index contributed by atoms with van der Waals surface area (Å²) in [5.74, 6) is -0.0355. The number of carbonyl (C=O) groups excluding carboxylic acids is 1. The molecule has 2 aromatic carbocycles. The van der Waals surface area contributed by atoms with Gasteiger partial charge in [0.1, 0.15) is 6.04 Å². The van der Waals surface area contributed by atoms with Gasteiger partial charge >= 0.3 is 0 Å². The zero-order valence-corrected chi connectivity index (χ0v) is 22.5. The second-order valence-electron chi connectivity index (χ2n) is 9.45. The molecule has 3 N–H and O–H groups in total. The first-order chi connectivity index (χ1) is 17.4. The van der Waals surface area contributed by atoms with E-state index in [0.717, 1.165) is 11.1 Å². The Balaban J connectivity index is 1.65. The Labute approximate surface area is 218 Å². The Morgan fingerprint density at radius 3 is 2.51 bits per heavy atom. The van der Waals surface area contributed by atoms with Gasteiger partial charge in [-0.2, -0.15) is 4.80 Å². The van der Waals surface area contributed by atoms with Crippen LogP contribution in [0.2, 0.25) is 0 Å². The lowest BCUT2D eigenvalue weighted by Crippen LogP contribution is -2.50. The van der Waals surface area contributed by atoms with Crippen LogP contribution in [-0.2, 0) is 39.1 Å². The summed E-state index contributed by atoms with van der Waals surface area (Å²) in [7, 11) is -1.83. The standard InChI is InChI=1S/C25H35N7O4S/c1-25(2,26)24(33)27-21(18-36-17-19-11-6-5-7-12-19)23-28-30-32(29-23)16-10-14-20-13-8-9-15-22(20)31(3)37(4,34)35/h5-9,11-13,15,21H,10,14,16-18,26H2,1-4H3,(H,27,33)/t21-/m1/s1. The Hall–Kier alpha value is -3.35. The van der Waals surface area contributed by atoms with E-state index in [1.165, 1.54) is 22.4 Å². The minimum atomic E-state index is -3.37. The monoisotopic (exact) mass is 529 g/mol. The van der Waals surface area contributed by atoms with Crippen molar-refractivity contribution in [1.29, 1.82) is 0 Å². The molecule has 1 atom stereocenters. The highest BCUT2D eigenvalue weighted by Gasteiger charge is 2.27. The minimum Gasteiger partial charge on any atom is -0.374 e. The quantitative estimate of drug-likeness (QED) is 0.341. The molecule has 3 aromatic rings. The smallest absolute Gasteiger partial charge is 0.240 e. The van der Waals surface area contributed by atoms with Crippen molar-refractivity contribution in [2.75, 3.05) is 24.2 Å². The number of benzene rings is 2. The number of rotatable bonds is 13. The normalized spacial score (nSPS) is 12.8. The van der Waals surface area contributed by atoms with Gasteiger partial charge in [-0.15, -0.1) is 10.2 Å². The van der Waals surface area contributed by atoms with E-state index in [4.69, 9.17) is 10.5 Å². The summed E-state index contributed by atoms with van der Waals surface area (Å²) in [6.07, 6.45) is 2.45. The lowest BCUT2D eigenvalue weighted by Gasteiger charge is -2.22. The van der Waals surface area contributed by atoms with Crippen molar-refractivity contribution in [3.63, 3.8) is 0 Å². The summed E-state index contributed by atoms with van der Waals surface area (Å²) in [4.78, 5) is 14.0. The second kappa shape index (κ2) is 12.3. The molecule has 0 aliphatic rings. The van der Waals surface area contributed by atoms with Gasteiger partial charge in [-0.3, -0.25) is 9.10 Å². The van der Waals surface area contributed by atoms with E-state index in [1.54, 1.807) is 19.9 Å². The molecule has 1 heterocycles. The maximum Gasteiger partial charge on any atom is 0.240 e. The average molecular weight is 530 g/mol. The van der Waals surface area contributed by atoms with Crippen molar-refractivity contribution in [2.45, 2.75) is 51.4 Å².